The second kappa shape index (κ2) is 6.62. The molecule has 1 aliphatic heterocycles. The molecule has 6 heteroatoms. The maximum absolute atomic E-state index is 12.3. The molecule has 1 saturated heterocycles. The van der Waals surface area contributed by atoms with Crippen molar-refractivity contribution in [3.63, 3.8) is 0 Å². The Bertz CT molecular complexity index is 633. The highest BCUT2D eigenvalue weighted by molar-refractivity contribution is 5.94. The quantitative estimate of drug-likeness (QED) is 0.914. The summed E-state index contributed by atoms with van der Waals surface area (Å²) in [5.41, 5.74) is 1.16. The van der Waals surface area contributed by atoms with E-state index in [1.165, 1.54) is 7.11 Å². The summed E-state index contributed by atoms with van der Waals surface area (Å²) in [5.74, 6) is 0.204. The van der Waals surface area contributed by atoms with Gasteiger partial charge in [0.15, 0.2) is 11.4 Å². The van der Waals surface area contributed by atoms with E-state index in [4.69, 9.17) is 9.47 Å². The highest BCUT2D eigenvalue weighted by Gasteiger charge is 2.21. The van der Waals surface area contributed by atoms with Crippen molar-refractivity contribution in [2.24, 2.45) is 0 Å². The second-order valence-corrected chi connectivity index (χ2v) is 5.17. The van der Waals surface area contributed by atoms with Crippen molar-refractivity contribution >= 4 is 5.91 Å². The summed E-state index contributed by atoms with van der Waals surface area (Å²) < 4.78 is 12.4. The lowest BCUT2D eigenvalue weighted by molar-refractivity contribution is 0.0851. The molecular weight excluding hydrogens is 282 g/mol. The first-order valence-corrected chi connectivity index (χ1v) is 7.37. The average Bonchev–Trinajstić information content (AvgIpc) is 3.22. The van der Waals surface area contributed by atoms with Crippen LogP contribution in [0.15, 0.2) is 36.5 Å². The molecule has 1 aromatic carbocycles. The van der Waals surface area contributed by atoms with Crippen LogP contribution in [-0.2, 0) is 4.74 Å². The van der Waals surface area contributed by atoms with E-state index >= 15 is 0 Å². The number of carbonyl (C=O) groups is 1. The molecule has 0 bridgehead atoms. The van der Waals surface area contributed by atoms with Crippen LogP contribution in [-0.4, -0.2) is 42.1 Å². The van der Waals surface area contributed by atoms with E-state index in [0.29, 0.717) is 12.3 Å². The van der Waals surface area contributed by atoms with Gasteiger partial charge in [0, 0.05) is 13.2 Å². The van der Waals surface area contributed by atoms with Gasteiger partial charge in [0.1, 0.15) is 0 Å². The summed E-state index contributed by atoms with van der Waals surface area (Å²) in [7, 11) is 1.53. The second-order valence-electron chi connectivity index (χ2n) is 5.17. The first kappa shape index (κ1) is 14.6. The minimum Gasteiger partial charge on any atom is -0.493 e. The van der Waals surface area contributed by atoms with Gasteiger partial charge < -0.3 is 14.8 Å². The van der Waals surface area contributed by atoms with Gasteiger partial charge in [-0.15, -0.1) is 0 Å². The van der Waals surface area contributed by atoms with Crippen LogP contribution in [0.5, 0.6) is 5.75 Å². The third-order valence-electron chi connectivity index (χ3n) is 3.65. The molecule has 22 heavy (non-hydrogen) atoms. The van der Waals surface area contributed by atoms with Crippen molar-refractivity contribution in [3.8, 4) is 11.4 Å². The molecule has 1 N–H and O–H groups in total. The molecule has 1 unspecified atom stereocenters. The van der Waals surface area contributed by atoms with Crippen LogP contribution >= 0.6 is 0 Å². The maximum Gasteiger partial charge on any atom is 0.275 e. The normalized spacial score (nSPS) is 17.4. The van der Waals surface area contributed by atoms with Crippen LogP contribution in [0.4, 0.5) is 0 Å². The molecule has 1 atom stereocenters. The maximum atomic E-state index is 12.3. The van der Waals surface area contributed by atoms with Gasteiger partial charge >= 0.3 is 0 Å². The van der Waals surface area contributed by atoms with Crippen molar-refractivity contribution in [1.29, 1.82) is 0 Å². The van der Waals surface area contributed by atoms with Gasteiger partial charge in [-0.1, -0.05) is 18.2 Å². The number of nitrogens with zero attached hydrogens (tertiary/aromatic N) is 2. The molecule has 0 aliphatic carbocycles. The SMILES string of the molecule is COc1cn(-c2ccccc2)nc1C(=O)NCC1CCCO1. The zero-order valence-corrected chi connectivity index (χ0v) is 12.5. The molecule has 116 valence electrons. The number of para-hydroxylation sites is 1. The van der Waals surface area contributed by atoms with Crippen LogP contribution in [0.3, 0.4) is 0 Å². The molecule has 3 rings (SSSR count). The van der Waals surface area contributed by atoms with E-state index in [0.717, 1.165) is 25.1 Å². The Morgan fingerprint density at radius 2 is 2.27 bits per heavy atom. The standard InChI is InChI=1S/C16H19N3O3/c1-21-14-11-19(12-6-3-2-4-7-12)18-15(14)16(20)17-10-13-8-5-9-22-13/h2-4,6-7,11,13H,5,8-10H2,1H3,(H,17,20). The van der Waals surface area contributed by atoms with Gasteiger partial charge in [0.25, 0.3) is 5.91 Å². The first-order valence-electron chi connectivity index (χ1n) is 7.37. The molecule has 2 aromatic rings. The highest BCUT2D eigenvalue weighted by Crippen LogP contribution is 2.19. The fourth-order valence-corrected chi connectivity index (χ4v) is 2.47. The summed E-state index contributed by atoms with van der Waals surface area (Å²) in [6.07, 6.45) is 3.84. The fourth-order valence-electron chi connectivity index (χ4n) is 2.47. The molecule has 1 aromatic heterocycles. The summed E-state index contributed by atoms with van der Waals surface area (Å²) >= 11 is 0. The van der Waals surface area contributed by atoms with Crippen LogP contribution in [0.2, 0.25) is 0 Å². The van der Waals surface area contributed by atoms with Gasteiger partial charge in [-0.05, 0) is 25.0 Å². The van der Waals surface area contributed by atoms with Crippen molar-refractivity contribution in [1.82, 2.24) is 15.1 Å². The summed E-state index contributed by atoms with van der Waals surface area (Å²) in [4.78, 5) is 12.3. The van der Waals surface area contributed by atoms with Crippen molar-refractivity contribution in [3.05, 3.63) is 42.2 Å². The fraction of sp³-hybridized carbons (Fsp3) is 0.375. The Morgan fingerprint density at radius 1 is 1.45 bits per heavy atom. The summed E-state index contributed by atoms with van der Waals surface area (Å²) in [5, 5.41) is 7.20. The first-order chi connectivity index (χ1) is 10.8. The number of ether oxygens (including phenoxy) is 2. The number of aromatic nitrogens is 2. The number of nitrogens with one attached hydrogen (secondary N) is 1. The molecule has 0 radical (unpaired) electrons. The number of hydrogen-bond acceptors (Lipinski definition) is 4. The minimum absolute atomic E-state index is 0.103. The van der Waals surface area contributed by atoms with E-state index < -0.39 is 0 Å². The van der Waals surface area contributed by atoms with Crippen molar-refractivity contribution in [2.45, 2.75) is 18.9 Å². The van der Waals surface area contributed by atoms with Crippen LogP contribution < -0.4 is 10.1 Å². The third-order valence-corrected chi connectivity index (χ3v) is 3.65. The molecule has 2 heterocycles. The number of carbonyl (C=O) groups excluding carboxylic acids is 1. The number of rotatable bonds is 5. The van der Waals surface area contributed by atoms with E-state index in [-0.39, 0.29) is 17.7 Å². The Hall–Kier alpha value is -2.34. The van der Waals surface area contributed by atoms with E-state index in [1.54, 1.807) is 10.9 Å². The Balaban J connectivity index is 1.74. The topological polar surface area (TPSA) is 65.4 Å². The van der Waals surface area contributed by atoms with Gasteiger partial charge in [0.05, 0.1) is 25.1 Å². The van der Waals surface area contributed by atoms with Crippen molar-refractivity contribution < 1.29 is 14.3 Å². The van der Waals surface area contributed by atoms with Crippen LogP contribution in [0.1, 0.15) is 23.3 Å². The number of hydrogen-bond donors (Lipinski definition) is 1. The Labute approximate surface area is 129 Å². The summed E-state index contributed by atoms with van der Waals surface area (Å²) in [6.45, 7) is 1.27. The lowest BCUT2D eigenvalue weighted by Gasteiger charge is -2.10. The summed E-state index contributed by atoms with van der Waals surface area (Å²) in [6, 6.07) is 9.60. The van der Waals surface area contributed by atoms with Gasteiger partial charge in [-0.3, -0.25) is 4.79 Å². The smallest absolute Gasteiger partial charge is 0.275 e. The lowest BCUT2D eigenvalue weighted by atomic mass is 10.2. The third kappa shape index (κ3) is 3.12. The monoisotopic (exact) mass is 301 g/mol. The predicted molar refractivity (Wildman–Crippen MR) is 81.4 cm³/mol. The Morgan fingerprint density at radius 3 is 2.95 bits per heavy atom. The van der Waals surface area contributed by atoms with E-state index in [9.17, 15) is 4.79 Å². The largest absolute Gasteiger partial charge is 0.493 e. The van der Waals surface area contributed by atoms with Gasteiger partial charge in [0.2, 0.25) is 0 Å². The average molecular weight is 301 g/mol. The van der Waals surface area contributed by atoms with Gasteiger partial charge in [-0.25, -0.2) is 4.68 Å². The predicted octanol–water partition coefficient (Wildman–Crippen LogP) is 1.79. The number of methoxy groups -OCH3 is 1. The number of amides is 1. The zero-order valence-electron chi connectivity index (χ0n) is 12.5. The molecular formula is C16H19N3O3. The lowest BCUT2D eigenvalue weighted by Crippen LogP contribution is -2.32. The highest BCUT2D eigenvalue weighted by atomic mass is 16.5. The zero-order chi connectivity index (χ0) is 15.4. The van der Waals surface area contributed by atoms with E-state index in [2.05, 4.69) is 10.4 Å². The van der Waals surface area contributed by atoms with Gasteiger partial charge in [-0.2, -0.15) is 5.10 Å². The van der Waals surface area contributed by atoms with Crippen LogP contribution in [0.25, 0.3) is 5.69 Å². The Kier molecular flexibility index (Phi) is 4.39. The van der Waals surface area contributed by atoms with Crippen molar-refractivity contribution in [2.75, 3.05) is 20.3 Å². The minimum atomic E-state index is -0.248. The molecule has 0 spiro atoms. The molecule has 1 aliphatic rings. The molecule has 1 amide bonds. The van der Waals surface area contributed by atoms with E-state index in [1.807, 2.05) is 30.3 Å². The molecule has 6 nitrogen and oxygen atoms in total. The number of benzene rings is 1. The molecule has 1 fully saturated rings. The molecule has 0 saturated carbocycles. The van der Waals surface area contributed by atoms with Crippen LogP contribution in [0, 0.1) is 0 Å².